The van der Waals surface area contributed by atoms with E-state index in [2.05, 4.69) is 92.9 Å². The van der Waals surface area contributed by atoms with Crippen LogP contribution in [-0.2, 0) is 56.2 Å². The summed E-state index contributed by atoms with van der Waals surface area (Å²) in [5.74, 6) is -3.71. The van der Waals surface area contributed by atoms with Gasteiger partial charge in [-0.25, -0.2) is 4.79 Å². The van der Waals surface area contributed by atoms with Crippen LogP contribution in [0.25, 0.3) is 0 Å². The monoisotopic (exact) mass is 1140 g/mol. The zero-order chi connectivity index (χ0) is 57.9. The van der Waals surface area contributed by atoms with Crippen LogP contribution in [0.4, 0.5) is 0 Å². The van der Waals surface area contributed by atoms with Gasteiger partial charge in [0.1, 0.15) is 30.0 Å². The van der Waals surface area contributed by atoms with Crippen LogP contribution in [0.1, 0.15) is 173 Å². The maximum Gasteiger partial charge on any atom is 0.337 e. The summed E-state index contributed by atoms with van der Waals surface area (Å²) in [4.78, 5) is 75.9. The number of aliphatic hydroxyl groups is 1. The minimum absolute atomic E-state index is 0.0160. The predicted octanol–water partition coefficient (Wildman–Crippen LogP) is 12.3. The largest absolute Gasteiger partial charge is 0.459 e. The molecule has 6 rings (SSSR count). The van der Waals surface area contributed by atoms with Gasteiger partial charge in [0.25, 0.3) is 0 Å². The Morgan fingerprint density at radius 3 is 1.88 bits per heavy atom. The van der Waals surface area contributed by atoms with Crippen LogP contribution in [0.2, 0.25) is 54.4 Å². The first kappa shape index (κ1) is 63.9. The fraction of sp³-hybridized carbons (Fsp3) is 0.754. The van der Waals surface area contributed by atoms with E-state index in [0.717, 1.165) is 37.4 Å². The highest BCUT2D eigenvalue weighted by atomic mass is 28.4. The fourth-order valence-electron chi connectivity index (χ4n) is 13.5. The highest BCUT2D eigenvalue weighted by Crippen LogP contribution is 2.65. The SMILES string of the molecule is CC[Si](CC)(CC)O[C@H]1C(=O)[C@@]2(C)[C@@H](O[Si](CC)(CC)CC)C[C@H]3OC[C@@]3(OC(C)=O)[C@@H]2[C@H]2OC(=O)CCCCC=CCCCCC(=O)N[C@@H](c3ccccc3)[C@H](O[Si](C)(C)C(C)(C)C)C(=O)O[C@H]3C[C@]2(O)C(C)(C)C1=C3C. The lowest BCUT2D eigenvalue weighted by Crippen LogP contribution is -2.82. The van der Waals surface area contributed by atoms with Crippen molar-refractivity contribution < 1.29 is 61.3 Å². The number of esters is 3. The number of allylic oxidation sites excluding steroid dienone is 2. The van der Waals surface area contributed by atoms with Gasteiger partial charge in [0, 0.05) is 38.0 Å². The number of amides is 1. The molecule has 3 fully saturated rings. The minimum Gasteiger partial charge on any atom is -0.459 e. The molecular weight excluding hydrogens is 1040 g/mol. The molecule has 2 heterocycles. The van der Waals surface area contributed by atoms with Gasteiger partial charge >= 0.3 is 17.9 Å². The topological polar surface area (TPSA) is 182 Å². The molecule has 3 bridgehead atoms. The van der Waals surface area contributed by atoms with Crippen LogP contribution < -0.4 is 5.32 Å². The summed E-state index contributed by atoms with van der Waals surface area (Å²) in [5.41, 5.74) is -5.08. The van der Waals surface area contributed by atoms with Gasteiger partial charge in [-0.2, -0.15) is 0 Å². The van der Waals surface area contributed by atoms with E-state index in [9.17, 15) is 19.5 Å². The van der Waals surface area contributed by atoms with Crippen LogP contribution in [0, 0.1) is 16.7 Å². The maximum absolute atomic E-state index is 17.2. The molecule has 2 aliphatic heterocycles. The van der Waals surface area contributed by atoms with E-state index in [-0.39, 0.29) is 49.0 Å². The Hall–Kier alpha value is -3.30. The highest BCUT2D eigenvalue weighted by molar-refractivity contribution is 6.74. The van der Waals surface area contributed by atoms with Crippen molar-refractivity contribution in [2.24, 2.45) is 16.7 Å². The summed E-state index contributed by atoms with van der Waals surface area (Å²) in [6, 6.07) is 12.8. The van der Waals surface area contributed by atoms with Gasteiger partial charge in [-0.15, -0.1) is 0 Å². The molecule has 1 amide bonds. The van der Waals surface area contributed by atoms with Crippen LogP contribution in [0.3, 0.4) is 0 Å². The van der Waals surface area contributed by atoms with Crippen LogP contribution in [0.5, 0.6) is 0 Å². The van der Waals surface area contributed by atoms with E-state index in [1.54, 1.807) is 0 Å². The number of carbonyl (C=O) groups excluding carboxylic acids is 5. The quantitative estimate of drug-likeness (QED) is 0.0778. The summed E-state index contributed by atoms with van der Waals surface area (Å²) in [6.07, 6.45) is 1.47. The Morgan fingerprint density at radius 2 is 1.36 bits per heavy atom. The normalized spacial score (nSPS) is 32.9. The van der Waals surface area contributed by atoms with E-state index < -0.39 is 113 Å². The highest BCUT2D eigenvalue weighted by Gasteiger charge is 2.79. The van der Waals surface area contributed by atoms with Crippen molar-refractivity contribution >= 4 is 54.6 Å². The molecule has 2 N–H and O–H groups in total. The van der Waals surface area contributed by atoms with E-state index in [4.69, 9.17) is 32.2 Å². The third kappa shape index (κ3) is 12.2. The zero-order valence-corrected chi connectivity index (χ0v) is 53.5. The Labute approximate surface area is 471 Å². The third-order valence-electron chi connectivity index (χ3n) is 20.2. The maximum atomic E-state index is 17.2. The van der Waals surface area contributed by atoms with Crippen molar-refractivity contribution in [1.29, 1.82) is 0 Å². The number of rotatable bonds is 14. The number of ketones is 1. The van der Waals surface area contributed by atoms with Gasteiger partial charge in [0.05, 0.1) is 30.1 Å². The second-order valence-electron chi connectivity index (χ2n) is 25.7. The molecule has 0 aromatic heterocycles. The first-order valence-corrected chi connectivity index (χ1v) is 37.7. The van der Waals surface area contributed by atoms with Crippen molar-refractivity contribution in [2.45, 2.75) is 269 Å². The molecule has 0 radical (unpaired) electrons. The Balaban J connectivity index is 1.71. The lowest BCUT2D eigenvalue weighted by atomic mass is 9.44. The molecular formula is C61H99NO13Si3. The Kier molecular flexibility index (Phi) is 20.5. The number of hydrogen-bond acceptors (Lipinski definition) is 13. The molecule has 438 valence electrons. The van der Waals surface area contributed by atoms with Gasteiger partial charge in [-0.3, -0.25) is 19.2 Å². The number of benzene rings is 1. The molecule has 1 aromatic carbocycles. The number of hydrogen-bond donors (Lipinski definition) is 2. The van der Waals surface area contributed by atoms with Gasteiger partial charge in [-0.1, -0.05) is 119 Å². The Morgan fingerprint density at radius 1 is 0.795 bits per heavy atom. The number of nitrogens with one attached hydrogen (secondary N) is 1. The standard InChI is InChI=1S/C61H99NO13Si3/c1-17-77(18-2,19-3)73-45-38-46-60(40-69-46,72-42(8)63)53-55-61(68)39-44(41(7)49(58(61,12)13)51(54(66)59(45,53)14)75-78(20-4,21-5)22-6)70-56(67)52(74-76(15,16)57(9,10)11)50(43-34-30-29-31-35-43)62-47(64)36-32-27-25-23-24-26-28-33-37-48(65)71-55/h23-24,29-31,34-35,44-46,50-53,55,68H,17-22,25-28,32-33,36-40H2,1-16H3,(H,62,64)/t44-,45-,46+,50-,51+,52-,53+,55+,59-,60-,61+/m0/s1. The van der Waals surface area contributed by atoms with Gasteiger partial charge < -0.3 is 42.6 Å². The van der Waals surface area contributed by atoms with Crippen molar-refractivity contribution in [3.05, 3.63) is 59.2 Å². The molecule has 78 heavy (non-hydrogen) atoms. The minimum atomic E-state index is -2.86. The van der Waals surface area contributed by atoms with Gasteiger partial charge in [0.2, 0.25) is 5.91 Å². The summed E-state index contributed by atoms with van der Waals surface area (Å²) >= 11 is 0. The summed E-state index contributed by atoms with van der Waals surface area (Å²) < 4.78 is 49.4. The number of carbonyl (C=O) groups is 5. The molecule has 1 saturated heterocycles. The van der Waals surface area contributed by atoms with Gasteiger partial charge in [-0.05, 0) is 123 Å². The molecule has 1 aromatic rings. The van der Waals surface area contributed by atoms with Crippen molar-refractivity contribution in [3.63, 3.8) is 0 Å². The Bertz CT molecular complexity index is 2340. The molecule has 5 aliphatic rings. The molecule has 0 spiro atoms. The molecule has 0 unspecified atom stereocenters. The first-order chi connectivity index (χ1) is 36.6. The first-order valence-electron chi connectivity index (χ1n) is 29.8. The van der Waals surface area contributed by atoms with Crippen molar-refractivity contribution in [3.8, 4) is 0 Å². The number of ether oxygens (including phenoxy) is 4. The second-order valence-corrected chi connectivity index (χ2v) is 39.9. The molecule has 11 atom stereocenters. The fourth-order valence-corrected chi connectivity index (χ4v) is 20.4. The van der Waals surface area contributed by atoms with Crippen molar-refractivity contribution in [1.82, 2.24) is 5.32 Å². The van der Waals surface area contributed by atoms with Gasteiger partial charge in [0.15, 0.2) is 42.4 Å². The number of fused-ring (bicyclic) bond motifs is 6. The van der Waals surface area contributed by atoms with Crippen LogP contribution in [0.15, 0.2) is 53.6 Å². The molecule has 17 heteroatoms. The van der Waals surface area contributed by atoms with E-state index >= 15 is 9.59 Å². The molecule has 14 nitrogen and oxygen atoms in total. The molecule has 2 saturated carbocycles. The molecule has 3 aliphatic carbocycles. The smallest absolute Gasteiger partial charge is 0.337 e. The van der Waals surface area contributed by atoms with E-state index in [1.807, 2.05) is 58.0 Å². The summed E-state index contributed by atoms with van der Waals surface area (Å²) in [5, 5.41) is 17.5. The van der Waals surface area contributed by atoms with Crippen LogP contribution >= 0.6 is 0 Å². The summed E-state index contributed by atoms with van der Waals surface area (Å²) in [7, 11) is -8.22. The average molecular weight is 1140 g/mol. The number of Topliss-reactive ketones (excluding diaryl/α,β-unsaturated/α-hetero) is 1. The summed E-state index contributed by atoms with van der Waals surface area (Å²) in [6.45, 7) is 31.8. The predicted molar refractivity (Wildman–Crippen MR) is 311 cm³/mol. The lowest BCUT2D eigenvalue weighted by molar-refractivity contribution is -0.346. The van der Waals surface area contributed by atoms with E-state index in [0.29, 0.717) is 54.1 Å². The lowest BCUT2D eigenvalue weighted by Gasteiger charge is -2.68. The van der Waals surface area contributed by atoms with E-state index in [1.165, 1.54) is 6.92 Å². The van der Waals surface area contributed by atoms with Crippen LogP contribution in [-0.4, -0.2) is 114 Å². The second kappa shape index (κ2) is 25.1. The third-order valence-corrected chi connectivity index (χ3v) is 33.9. The average Bonchev–Trinajstić information content (AvgIpc) is 3.16. The van der Waals surface area contributed by atoms with Crippen molar-refractivity contribution in [2.75, 3.05) is 6.61 Å². The zero-order valence-electron chi connectivity index (χ0n) is 50.5.